The van der Waals surface area contributed by atoms with Crippen molar-refractivity contribution in [2.45, 2.75) is 32.4 Å². The minimum Gasteiger partial charge on any atom is -0.480 e. The minimum atomic E-state index is -0.758. The zero-order valence-electron chi connectivity index (χ0n) is 13.7. The van der Waals surface area contributed by atoms with Crippen molar-refractivity contribution in [1.82, 2.24) is 19.9 Å². The Morgan fingerprint density at radius 1 is 1.50 bits per heavy atom. The molecule has 1 aliphatic heterocycles. The van der Waals surface area contributed by atoms with Crippen LogP contribution < -0.4 is 0 Å². The first-order valence-corrected chi connectivity index (χ1v) is 9.13. The van der Waals surface area contributed by atoms with Crippen molar-refractivity contribution >= 4 is 17.3 Å². The molecular formula is C16H22N4O3S. The predicted molar refractivity (Wildman–Crippen MR) is 90.8 cm³/mol. The van der Waals surface area contributed by atoms with Gasteiger partial charge in [-0.15, -0.1) is 0 Å². The quantitative estimate of drug-likeness (QED) is 0.819. The molecule has 1 saturated heterocycles. The molecular weight excluding hydrogens is 328 g/mol. The Kier molecular flexibility index (Phi) is 5.60. The van der Waals surface area contributed by atoms with Crippen LogP contribution in [-0.2, 0) is 11.3 Å². The van der Waals surface area contributed by atoms with E-state index in [0.29, 0.717) is 24.3 Å². The monoisotopic (exact) mass is 350 g/mol. The van der Waals surface area contributed by atoms with Gasteiger partial charge in [-0.05, 0) is 30.8 Å². The Morgan fingerprint density at radius 2 is 2.29 bits per heavy atom. The van der Waals surface area contributed by atoms with Gasteiger partial charge in [0.05, 0.1) is 13.1 Å². The van der Waals surface area contributed by atoms with Crippen molar-refractivity contribution in [3.05, 3.63) is 22.7 Å². The Labute approximate surface area is 144 Å². The van der Waals surface area contributed by atoms with E-state index in [1.165, 1.54) is 0 Å². The Bertz CT molecular complexity index is 650. The van der Waals surface area contributed by atoms with Gasteiger partial charge in [0.25, 0.3) is 0 Å². The molecule has 7 nitrogen and oxygen atoms in total. The number of likely N-dealkylation sites (N-methyl/N-ethyl adjacent to an activating group) is 1. The maximum atomic E-state index is 10.9. The van der Waals surface area contributed by atoms with E-state index in [0.717, 1.165) is 38.0 Å². The summed E-state index contributed by atoms with van der Waals surface area (Å²) in [6.07, 6.45) is 1.93. The molecule has 1 aliphatic rings. The average Bonchev–Trinajstić information content (AvgIpc) is 3.24. The maximum absolute atomic E-state index is 10.9. The number of carboxylic acids is 1. The Hall–Kier alpha value is -1.77. The normalized spacial score (nSPS) is 16.8. The molecule has 0 bridgehead atoms. The van der Waals surface area contributed by atoms with Crippen LogP contribution in [0.4, 0.5) is 0 Å². The van der Waals surface area contributed by atoms with Crippen molar-refractivity contribution in [2.24, 2.45) is 0 Å². The molecule has 1 N–H and O–H groups in total. The second-order valence-electron chi connectivity index (χ2n) is 5.99. The number of rotatable bonds is 7. The number of likely N-dealkylation sites (tertiary alicyclic amines) is 1. The number of hydrogen-bond donors (Lipinski definition) is 1. The highest BCUT2D eigenvalue weighted by Gasteiger charge is 2.26. The zero-order chi connectivity index (χ0) is 16.9. The van der Waals surface area contributed by atoms with E-state index in [1.54, 1.807) is 11.3 Å². The standard InChI is InChI=1S/C16H22N4O3S/c1-2-20(10-15(21)22)13-3-6-19(7-4-13)9-14-17-16(18-23-14)12-5-8-24-11-12/h5,8,11,13H,2-4,6-7,9-10H2,1H3,(H,21,22). The number of aromatic nitrogens is 2. The van der Waals surface area contributed by atoms with E-state index < -0.39 is 5.97 Å². The van der Waals surface area contributed by atoms with Gasteiger partial charge in [-0.3, -0.25) is 14.6 Å². The molecule has 0 unspecified atom stereocenters. The van der Waals surface area contributed by atoms with E-state index in [1.807, 2.05) is 28.7 Å². The van der Waals surface area contributed by atoms with Crippen LogP contribution in [0.3, 0.4) is 0 Å². The molecule has 3 rings (SSSR count). The lowest BCUT2D eigenvalue weighted by Crippen LogP contribution is -2.46. The van der Waals surface area contributed by atoms with E-state index in [-0.39, 0.29) is 6.54 Å². The van der Waals surface area contributed by atoms with E-state index in [4.69, 9.17) is 9.63 Å². The minimum absolute atomic E-state index is 0.120. The highest BCUT2D eigenvalue weighted by molar-refractivity contribution is 7.08. The van der Waals surface area contributed by atoms with Crippen LogP contribution in [0.2, 0.25) is 0 Å². The predicted octanol–water partition coefficient (Wildman–Crippen LogP) is 2.17. The molecule has 0 saturated carbocycles. The number of aliphatic carboxylic acids is 1. The van der Waals surface area contributed by atoms with Gasteiger partial charge in [0.1, 0.15) is 0 Å². The average molecular weight is 350 g/mol. The molecule has 0 aromatic carbocycles. The second kappa shape index (κ2) is 7.87. The fourth-order valence-corrected chi connectivity index (χ4v) is 3.77. The molecule has 2 aromatic heterocycles. The smallest absolute Gasteiger partial charge is 0.317 e. The van der Waals surface area contributed by atoms with Gasteiger partial charge >= 0.3 is 5.97 Å². The molecule has 8 heteroatoms. The zero-order valence-corrected chi connectivity index (χ0v) is 14.5. The summed E-state index contributed by atoms with van der Waals surface area (Å²) in [4.78, 5) is 19.7. The summed E-state index contributed by atoms with van der Waals surface area (Å²) < 4.78 is 5.35. The summed E-state index contributed by atoms with van der Waals surface area (Å²) in [6, 6.07) is 2.32. The molecule has 0 aliphatic carbocycles. The van der Waals surface area contributed by atoms with Gasteiger partial charge < -0.3 is 9.63 Å². The number of carboxylic acid groups (broad SMARTS) is 1. The Morgan fingerprint density at radius 3 is 2.92 bits per heavy atom. The molecule has 130 valence electrons. The van der Waals surface area contributed by atoms with Gasteiger partial charge in [-0.25, -0.2) is 0 Å². The first kappa shape index (κ1) is 17.1. The summed E-state index contributed by atoms with van der Waals surface area (Å²) in [6.45, 7) is 5.38. The summed E-state index contributed by atoms with van der Waals surface area (Å²) in [5.74, 6) is 0.512. The highest BCUT2D eigenvalue weighted by Crippen LogP contribution is 2.21. The van der Waals surface area contributed by atoms with Crippen LogP contribution in [0.15, 0.2) is 21.3 Å². The van der Waals surface area contributed by atoms with Gasteiger partial charge in [0, 0.05) is 30.1 Å². The first-order chi connectivity index (χ1) is 11.7. The van der Waals surface area contributed by atoms with Crippen LogP contribution in [0.1, 0.15) is 25.7 Å². The van der Waals surface area contributed by atoms with Gasteiger partial charge in [0.2, 0.25) is 11.7 Å². The molecule has 1 fully saturated rings. The second-order valence-corrected chi connectivity index (χ2v) is 6.77. The van der Waals surface area contributed by atoms with Crippen molar-refractivity contribution in [1.29, 1.82) is 0 Å². The topological polar surface area (TPSA) is 82.7 Å². The lowest BCUT2D eigenvalue weighted by Gasteiger charge is -2.36. The van der Waals surface area contributed by atoms with Crippen molar-refractivity contribution in [3.63, 3.8) is 0 Å². The van der Waals surface area contributed by atoms with Crippen LogP contribution in [0.25, 0.3) is 11.4 Å². The van der Waals surface area contributed by atoms with Crippen LogP contribution >= 0.6 is 11.3 Å². The third kappa shape index (κ3) is 4.19. The molecule has 0 radical (unpaired) electrons. The maximum Gasteiger partial charge on any atom is 0.317 e. The number of thiophene rings is 1. The molecule has 3 heterocycles. The third-order valence-electron chi connectivity index (χ3n) is 4.42. The molecule has 24 heavy (non-hydrogen) atoms. The fourth-order valence-electron chi connectivity index (χ4n) is 3.13. The fraction of sp³-hybridized carbons (Fsp3) is 0.562. The van der Waals surface area contributed by atoms with Gasteiger partial charge in [0.15, 0.2) is 0 Å². The molecule has 2 aromatic rings. The highest BCUT2D eigenvalue weighted by atomic mass is 32.1. The lowest BCUT2D eigenvalue weighted by atomic mass is 10.0. The summed E-state index contributed by atoms with van der Waals surface area (Å²) in [5, 5.41) is 17.0. The summed E-state index contributed by atoms with van der Waals surface area (Å²) >= 11 is 1.61. The molecule has 0 atom stereocenters. The SMILES string of the molecule is CCN(CC(=O)O)C1CCN(Cc2nc(-c3ccsc3)no2)CC1. The largest absolute Gasteiger partial charge is 0.480 e. The van der Waals surface area contributed by atoms with Crippen LogP contribution in [0.5, 0.6) is 0 Å². The van der Waals surface area contributed by atoms with Crippen molar-refractivity contribution < 1.29 is 14.4 Å². The van der Waals surface area contributed by atoms with E-state index >= 15 is 0 Å². The summed E-state index contributed by atoms with van der Waals surface area (Å²) in [5.41, 5.74) is 0.987. The van der Waals surface area contributed by atoms with Crippen LogP contribution in [-0.4, -0.2) is 63.2 Å². The van der Waals surface area contributed by atoms with Gasteiger partial charge in [-0.1, -0.05) is 12.1 Å². The van der Waals surface area contributed by atoms with E-state index in [2.05, 4.69) is 15.0 Å². The summed E-state index contributed by atoms with van der Waals surface area (Å²) in [7, 11) is 0. The van der Waals surface area contributed by atoms with E-state index in [9.17, 15) is 4.79 Å². The van der Waals surface area contributed by atoms with Crippen molar-refractivity contribution in [2.75, 3.05) is 26.2 Å². The van der Waals surface area contributed by atoms with Gasteiger partial charge in [-0.2, -0.15) is 16.3 Å². The molecule has 0 amide bonds. The van der Waals surface area contributed by atoms with Crippen LogP contribution in [0, 0.1) is 0 Å². The Balaban J connectivity index is 1.51. The first-order valence-electron chi connectivity index (χ1n) is 8.19. The lowest BCUT2D eigenvalue weighted by molar-refractivity contribution is -0.139. The number of hydrogen-bond acceptors (Lipinski definition) is 7. The molecule has 0 spiro atoms. The third-order valence-corrected chi connectivity index (χ3v) is 5.11. The number of carbonyl (C=O) groups is 1. The van der Waals surface area contributed by atoms with Crippen molar-refractivity contribution in [3.8, 4) is 11.4 Å². The number of piperidine rings is 1. The number of nitrogens with zero attached hydrogens (tertiary/aromatic N) is 4.